The molecule has 1 heterocycles. The summed E-state index contributed by atoms with van der Waals surface area (Å²) in [5, 5.41) is 4.99. The number of sulfonamides is 1. The molecule has 1 atom stereocenters. The zero-order valence-electron chi connectivity index (χ0n) is 12.1. The van der Waals surface area contributed by atoms with Gasteiger partial charge in [-0.1, -0.05) is 34.1 Å². The van der Waals surface area contributed by atoms with Gasteiger partial charge in [0.15, 0.2) is 0 Å². The summed E-state index contributed by atoms with van der Waals surface area (Å²) in [5.74, 6) is 0.357. The fourth-order valence-electron chi connectivity index (χ4n) is 1.38. The molecule has 6 heteroatoms. The van der Waals surface area contributed by atoms with Crippen molar-refractivity contribution >= 4 is 21.4 Å². The van der Waals surface area contributed by atoms with Gasteiger partial charge in [0, 0.05) is 29.4 Å². The average molecular weight is 304 g/mol. The third-order valence-electron chi connectivity index (χ3n) is 2.94. The summed E-state index contributed by atoms with van der Waals surface area (Å²) in [5.41, 5.74) is 0. The number of nitrogens with one attached hydrogen (secondary N) is 2. The minimum atomic E-state index is -3.35. The van der Waals surface area contributed by atoms with E-state index in [1.54, 1.807) is 11.4 Å². The summed E-state index contributed by atoms with van der Waals surface area (Å²) in [4.78, 5) is 1.42. The van der Waals surface area contributed by atoms with Gasteiger partial charge in [-0.2, -0.15) is 0 Å². The van der Waals surface area contributed by atoms with Crippen molar-refractivity contribution in [2.24, 2.45) is 5.92 Å². The first-order valence-electron chi connectivity index (χ1n) is 6.65. The van der Waals surface area contributed by atoms with Crippen LogP contribution in [0.4, 0.5) is 0 Å². The molecule has 4 nitrogen and oxygen atoms in total. The van der Waals surface area contributed by atoms with Crippen LogP contribution in [0.1, 0.15) is 39.0 Å². The first kappa shape index (κ1) is 16.6. The maximum Gasteiger partial charge on any atom is 0.241 e. The zero-order valence-corrected chi connectivity index (χ0v) is 13.7. The molecule has 1 aromatic rings. The third kappa shape index (κ3) is 5.60. The van der Waals surface area contributed by atoms with Gasteiger partial charge in [-0.3, -0.25) is 0 Å². The van der Waals surface area contributed by atoms with Gasteiger partial charge in [-0.05, 0) is 12.0 Å². The summed E-state index contributed by atoms with van der Waals surface area (Å²) in [7, 11) is -3.35. The van der Waals surface area contributed by atoms with E-state index >= 15 is 0 Å². The van der Waals surface area contributed by atoms with Gasteiger partial charge in [-0.15, -0.1) is 11.3 Å². The Morgan fingerprint density at radius 1 is 1.32 bits per heavy atom. The lowest BCUT2D eigenvalue weighted by molar-refractivity contribution is 0.528. The topological polar surface area (TPSA) is 58.2 Å². The Hall–Kier alpha value is -0.430. The van der Waals surface area contributed by atoms with Crippen LogP contribution < -0.4 is 10.0 Å². The highest BCUT2D eigenvalue weighted by molar-refractivity contribution is 7.89. The maximum absolute atomic E-state index is 12.1. The predicted octanol–water partition coefficient (Wildman–Crippen LogP) is 2.57. The quantitative estimate of drug-likeness (QED) is 0.776. The second kappa shape index (κ2) is 7.38. The normalized spacial score (nSPS) is 13.9. The molecule has 2 N–H and O–H groups in total. The molecule has 19 heavy (non-hydrogen) atoms. The van der Waals surface area contributed by atoms with Crippen LogP contribution in [0.3, 0.4) is 0 Å². The van der Waals surface area contributed by atoms with Gasteiger partial charge in [-0.25, -0.2) is 13.1 Å². The average Bonchev–Trinajstić information content (AvgIpc) is 2.83. The summed E-state index contributed by atoms with van der Waals surface area (Å²) in [6, 6.07) is 2.14. The Kier molecular flexibility index (Phi) is 6.46. The van der Waals surface area contributed by atoms with Crippen molar-refractivity contribution in [2.75, 3.05) is 6.54 Å². The van der Waals surface area contributed by atoms with Crippen LogP contribution in [0.2, 0.25) is 0 Å². The minimum Gasteiger partial charge on any atom is -0.310 e. The van der Waals surface area contributed by atoms with Crippen molar-refractivity contribution in [3.63, 3.8) is 0 Å². The van der Waals surface area contributed by atoms with E-state index in [0.717, 1.165) is 11.3 Å². The largest absolute Gasteiger partial charge is 0.310 e. The van der Waals surface area contributed by atoms with Crippen molar-refractivity contribution in [1.29, 1.82) is 0 Å². The molecule has 0 saturated carbocycles. The van der Waals surface area contributed by atoms with Crippen LogP contribution in [-0.4, -0.2) is 21.0 Å². The van der Waals surface area contributed by atoms with Crippen molar-refractivity contribution in [3.8, 4) is 0 Å². The fourth-order valence-corrected chi connectivity index (χ4v) is 3.77. The molecule has 0 aromatic carbocycles. The van der Waals surface area contributed by atoms with Gasteiger partial charge < -0.3 is 5.32 Å². The molecular weight excluding hydrogens is 280 g/mol. The van der Waals surface area contributed by atoms with Crippen molar-refractivity contribution in [3.05, 3.63) is 16.3 Å². The summed E-state index contributed by atoms with van der Waals surface area (Å²) >= 11 is 1.48. The van der Waals surface area contributed by atoms with E-state index in [-0.39, 0.29) is 0 Å². The third-order valence-corrected chi connectivity index (χ3v) is 5.43. The molecule has 0 fully saturated rings. The maximum atomic E-state index is 12.1. The minimum absolute atomic E-state index is 0.357. The Morgan fingerprint density at radius 3 is 2.58 bits per heavy atom. The Labute approximate surface area is 120 Å². The molecule has 0 aliphatic rings. The molecule has 1 unspecified atom stereocenters. The van der Waals surface area contributed by atoms with E-state index in [1.807, 2.05) is 6.92 Å². The van der Waals surface area contributed by atoms with E-state index in [2.05, 4.69) is 30.8 Å². The van der Waals surface area contributed by atoms with E-state index in [9.17, 15) is 8.42 Å². The molecule has 0 spiro atoms. The van der Waals surface area contributed by atoms with Crippen LogP contribution >= 0.6 is 11.3 Å². The van der Waals surface area contributed by atoms with Gasteiger partial charge >= 0.3 is 0 Å². The smallest absolute Gasteiger partial charge is 0.241 e. The number of hydrogen-bond donors (Lipinski definition) is 2. The van der Waals surface area contributed by atoms with Crippen LogP contribution in [0, 0.1) is 5.92 Å². The number of rotatable bonds is 8. The summed E-state index contributed by atoms with van der Waals surface area (Å²) in [6.45, 7) is 9.43. The lowest BCUT2D eigenvalue weighted by Crippen LogP contribution is -2.28. The van der Waals surface area contributed by atoms with Gasteiger partial charge in [0.05, 0.1) is 4.90 Å². The molecule has 0 saturated heterocycles. The van der Waals surface area contributed by atoms with Crippen molar-refractivity contribution in [2.45, 2.75) is 51.6 Å². The fraction of sp³-hybridized carbons (Fsp3) is 0.692. The highest BCUT2D eigenvalue weighted by atomic mass is 32.2. The molecule has 0 aliphatic carbocycles. The molecule has 1 aromatic heterocycles. The highest BCUT2D eigenvalue weighted by Crippen LogP contribution is 2.19. The molecule has 0 amide bonds. The van der Waals surface area contributed by atoms with Crippen LogP contribution in [0.25, 0.3) is 0 Å². The molecule has 110 valence electrons. The Bertz CT molecular complexity index is 481. The van der Waals surface area contributed by atoms with Crippen LogP contribution in [0.5, 0.6) is 0 Å². The number of hydrogen-bond acceptors (Lipinski definition) is 4. The molecular formula is C13H24N2O2S2. The molecule has 0 bridgehead atoms. The molecule has 1 rings (SSSR count). The van der Waals surface area contributed by atoms with Gasteiger partial charge in [0.2, 0.25) is 10.0 Å². The lowest BCUT2D eigenvalue weighted by Gasteiger charge is -2.09. The standard InChI is InChI=1S/C13H24N2O2S2/c1-5-11(4)7-15-19(16,17)13-6-12(18-9-13)8-14-10(2)3/h6,9-11,14-15H,5,7-8H2,1-4H3. The first-order valence-corrected chi connectivity index (χ1v) is 9.02. The Balaban J connectivity index is 2.63. The van der Waals surface area contributed by atoms with Crippen LogP contribution in [0.15, 0.2) is 16.3 Å². The van der Waals surface area contributed by atoms with Gasteiger partial charge in [0.25, 0.3) is 0 Å². The van der Waals surface area contributed by atoms with E-state index in [0.29, 0.717) is 29.9 Å². The molecule has 0 aliphatic heterocycles. The van der Waals surface area contributed by atoms with E-state index in [4.69, 9.17) is 0 Å². The zero-order chi connectivity index (χ0) is 14.5. The second-order valence-corrected chi connectivity index (χ2v) is 7.91. The SMILES string of the molecule is CCC(C)CNS(=O)(=O)c1csc(CNC(C)C)c1. The Morgan fingerprint density at radius 2 is 2.00 bits per heavy atom. The highest BCUT2D eigenvalue weighted by Gasteiger charge is 2.16. The monoisotopic (exact) mass is 304 g/mol. The van der Waals surface area contributed by atoms with Crippen molar-refractivity contribution < 1.29 is 8.42 Å². The molecule has 0 radical (unpaired) electrons. The summed E-state index contributed by atoms with van der Waals surface area (Å²) < 4.78 is 26.8. The predicted molar refractivity (Wildman–Crippen MR) is 80.9 cm³/mol. The number of thiophene rings is 1. The van der Waals surface area contributed by atoms with Crippen LogP contribution in [-0.2, 0) is 16.6 Å². The first-order chi connectivity index (χ1) is 8.85. The summed E-state index contributed by atoms with van der Waals surface area (Å²) in [6.07, 6.45) is 0.968. The second-order valence-electron chi connectivity index (χ2n) is 5.15. The van der Waals surface area contributed by atoms with E-state index in [1.165, 1.54) is 11.3 Å². The van der Waals surface area contributed by atoms with E-state index < -0.39 is 10.0 Å². The van der Waals surface area contributed by atoms with Gasteiger partial charge in [0.1, 0.15) is 0 Å². The van der Waals surface area contributed by atoms with Crippen molar-refractivity contribution in [1.82, 2.24) is 10.0 Å². The lowest BCUT2D eigenvalue weighted by atomic mass is 10.1.